The van der Waals surface area contributed by atoms with Crippen LogP contribution in [0.4, 0.5) is 0 Å². The van der Waals surface area contributed by atoms with Crippen LogP contribution in [0, 0.1) is 0 Å². The third-order valence-electron chi connectivity index (χ3n) is 4.33. The Kier molecular flexibility index (Phi) is 4.35. The molecule has 0 radical (unpaired) electrons. The molecular weight excluding hydrogens is 342 g/mol. The topological polar surface area (TPSA) is 77.9 Å². The summed E-state index contributed by atoms with van der Waals surface area (Å²) in [5.41, 5.74) is 2.49. The summed E-state index contributed by atoms with van der Waals surface area (Å²) in [6, 6.07) is 2.04. The highest BCUT2D eigenvalue weighted by atomic mass is 35.5. The van der Waals surface area contributed by atoms with Gasteiger partial charge in [0, 0.05) is 36.7 Å². The average molecular weight is 362 g/mol. The molecule has 3 aromatic rings. The van der Waals surface area contributed by atoms with Gasteiger partial charge in [-0.1, -0.05) is 11.6 Å². The molecule has 1 N–H and O–H groups in total. The number of hydrogen-bond acceptors (Lipinski definition) is 5. The van der Waals surface area contributed by atoms with Gasteiger partial charge in [0.05, 0.1) is 30.3 Å². The van der Waals surface area contributed by atoms with E-state index in [-0.39, 0.29) is 12.1 Å². The van der Waals surface area contributed by atoms with Crippen LogP contribution in [0.5, 0.6) is 5.88 Å². The van der Waals surface area contributed by atoms with Crippen molar-refractivity contribution >= 4 is 22.5 Å². The summed E-state index contributed by atoms with van der Waals surface area (Å²) in [7, 11) is 0. The molecule has 0 aromatic carbocycles. The minimum absolute atomic E-state index is 0.0732. The highest BCUT2D eigenvalue weighted by Gasteiger charge is 2.22. The first-order chi connectivity index (χ1) is 12.1. The van der Waals surface area contributed by atoms with E-state index in [2.05, 4.69) is 34.1 Å². The summed E-state index contributed by atoms with van der Waals surface area (Å²) in [4.78, 5) is 4.41. The SMILES string of the molecule is CC(C)n1cc(-c2n[nH]c3cc(Cl)nc(OC4CCOCC4)c23)cn1. The van der Waals surface area contributed by atoms with Crippen molar-refractivity contribution in [2.45, 2.75) is 38.8 Å². The molecule has 8 heteroatoms. The number of halogens is 1. The largest absolute Gasteiger partial charge is 0.474 e. The van der Waals surface area contributed by atoms with Crippen LogP contribution in [0.25, 0.3) is 22.2 Å². The molecule has 1 fully saturated rings. The van der Waals surface area contributed by atoms with Gasteiger partial charge in [0.2, 0.25) is 5.88 Å². The van der Waals surface area contributed by atoms with E-state index in [4.69, 9.17) is 21.1 Å². The van der Waals surface area contributed by atoms with E-state index in [0.29, 0.717) is 24.2 Å². The minimum Gasteiger partial charge on any atom is -0.474 e. The zero-order valence-corrected chi connectivity index (χ0v) is 15.0. The molecule has 7 nitrogen and oxygen atoms in total. The van der Waals surface area contributed by atoms with E-state index in [1.54, 1.807) is 6.07 Å². The molecule has 0 saturated carbocycles. The third-order valence-corrected chi connectivity index (χ3v) is 4.52. The number of aromatic nitrogens is 5. The van der Waals surface area contributed by atoms with Gasteiger partial charge in [0.15, 0.2) is 0 Å². The van der Waals surface area contributed by atoms with E-state index < -0.39 is 0 Å². The molecule has 4 heterocycles. The van der Waals surface area contributed by atoms with Gasteiger partial charge in [0.1, 0.15) is 17.0 Å². The van der Waals surface area contributed by atoms with Crippen LogP contribution in [0.1, 0.15) is 32.7 Å². The first-order valence-electron chi connectivity index (χ1n) is 8.45. The summed E-state index contributed by atoms with van der Waals surface area (Å²) in [5.74, 6) is 0.510. The maximum atomic E-state index is 6.16. The van der Waals surface area contributed by atoms with Crippen molar-refractivity contribution in [1.82, 2.24) is 25.0 Å². The highest BCUT2D eigenvalue weighted by Crippen LogP contribution is 2.35. The van der Waals surface area contributed by atoms with Crippen molar-refractivity contribution < 1.29 is 9.47 Å². The van der Waals surface area contributed by atoms with Crippen LogP contribution in [0.15, 0.2) is 18.5 Å². The van der Waals surface area contributed by atoms with Crippen LogP contribution in [-0.2, 0) is 4.74 Å². The number of fused-ring (bicyclic) bond motifs is 1. The maximum Gasteiger partial charge on any atom is 0.226 e. The average Bonchev–Trinajstić information content (AvgIpc) is 3.22. The second-order valence-corrected chi connectivity index (χ2v) is 6.86. The lowest BCUT2D eigenvalue weighted by Crippen LogP contribution is -2.26. The molecule has 3 aromatic heterocycles. The number of hydrogen-bond donors (Lipinski definition) is 1. The second-order valence-electron chi connectivity index (χ2n) is 6.48. The lowest BCUT2D eigenvalue weighted by Gasteiger charge is -2.23. The van der Waals surface area contributed by atoms with E-state index in [0.717, 1.165) is 35.0 Å². The molecule has 0 aliphatic carbocycles. The van der Waals surface area contributed by atoms with Crippen molar-refractivity contribution in [1.29, 1.82) is 0 Å². The van der Waals surface area contributed by atoms with Crippen molar-refractivity contribution in [3.63, 3.8) is 0 Å². The van der Waals surface area contributed by atoms with Crippen molar-refractivity contribution in [2.24, 2.45) is 0 Å². The zero-order valence-electron chi connectivity index (χ0n) is 14.2. The Bertz CT molecular complexity index is 882. The number of ether oxygens (including phenoxy) is 2. The molecule has 1 aliphatic rings. The van der Waals surface area contributed by atoms with E-state index in [1.165, 1.54) is 0 Å². The molecule has 0 spiro atoms. The lowest BCUT2D eigenvalue weighted by atomic mass is 10.1. The predicted molar refractivity (Wildman–Crippen MR) is 95.0 cm³/mol. The van der Waals surface area contributed by atoms with Gasteiger partial charge in [-0.3, -0.25) is 9.78 Å². The van der Waals surface area contributed by atoms with Gasteiger partial charge in [0.25, 0.3) is 0 Å². The predicted octanol–water partition coefficient (Wildman–Crippen LogP) is 3.61. The van der Waals surface area contributed by atoms with Gasteiger partial charge >= 0.3 is 0 Å². The summed E-state index contributed by atoms with van der Waals surface area (Å²) in [6.07, 6.45) is 5.54. The van der Waals surface area contributed by atoms with Gasteiger partial charge < -0.3 is 9.47 Å². The number of aromatic amines is 1. The molecular formula is C17H20ClN5O2. The normalized spacial score (nSPS) is 16.0. The molecule has 1 aliphatic heterocycles. The highest BCUT2D eigenvalue weighted by molar-refractivity contribution is 6.30. The molecule has 25 heavy (non-hydrogen) atoms. The Hall–Kier alpha value is -2.12. The van der Waals surface area contributed by atoms with Gasteiger partial charge in [-0.2, -0.15) is 10.2 Å². The van der Waals surface area contributed by atoms with Crippen LogP contribution in [0.3, 0.4) is 0 Å². The van der Waals surface area contributed by atoms with E-state index in [9.17, 15) is 0 Å². The zero-order chi connectivity index (χ0) is 17.4. The van der Waals surface area contributed by atoms with Crippen molar-refractivity contribution in [2.75, 3.05) is 13.2 Å². The van der Waals surface area contributed by atoms with Gasteiger partial charge in [-0.25, -0.2) is 4.98 Å². The molecule has 0 atom stereocenters. The fraction of sp³-hybridized carbons (Fsp3) is 0.471. The van der Waals surface area contributed by atoms with E-state index in [1.807, 2.05) is 17.1 Å². The Labute approximate surface area is 150 Å². The van der Waals surface area contributed by atoms with Crippen LogP contribution < -0.4 is 4.74 Å². The lowest BCUT2D eigenvalue weighted by molar-refractivity contribution is 0.0244. The van der Waals surface area contributed by atoms with Crippen LogP contribution >= 0.6 is 11.6 Å². The summed E-state index contributed by atoms with van der Waals surface area (Å²) in [6.45, 7) is 5.57. The molecule has 1 saturated heterocycles. The monoisotopic (exact) mass is 361 g/mol. The Morgan fingerprint density at radius 2 is 2.16 bits per heavy atom. The van der Waals surface area contributed by atoms with E-state index >= 15 is 0 Å². The van der Waals surface area contributed by atoms with Crippen molar-refractivity contribution in [3.05, 3.63) is 23.6 Å². The molecule has 0 amide bonds. The number of nitrogens with one attached hydrogen (secondary N) is 1. The standard InChI is InChI=1S/C17H20ClN5O2/c1-10(2)23-9-11(8-19-23)16-15-13(21-22-16)7-14(18)20-17(15)25-12-3-5-24-6-4-12/h7-10,12H,3-6H2,1-2H3,(H,21,22). The summed E-state index contributed by atoms with van der Waals surface area (Å²) >= 11 is 6.16. The number of H-pyrrole nitrogens is 1. The first-order valence-corrected chi connectivity index (χ1v) is 8.83. The summed E-state index contributed by atoms with van der Waals surface area (Å²) < 4.78 is 13.5. The fourth-order valence-corrected chi connectivity index (χ4v) is 3.16. The quantitative estimate of drug-likeness (QED) is 0.718. The second kappa shape index (κ2) is 6.65. The Morgan fingerprint density at radius 3 is 2.88 bits per heavy atom. The number of rotatable bonds is 4. The molecule has 0 unspecified atom stereocenters. The Morgan fingerprint density at radius 1 is 1.36 bits per heavy atom. The maximum absolute atomic E-state index is 6.16. The molecule has 4 rings (SSSR count). The Balaban J connectivity index is 1.77. The van der Waals surface area contributed by atoms with Gasteiger partial charge in [-0.15, -0.1) is 0 Å². The van der Waals surface area contributed by atoms with Crippen molar-refractivity contribution in [3.8, 4) is 17.1 Å². The molecule has 132 valence electrons. The van der Waals surface area contributed by atoms with Crippen LogP contribution in [-0.4, -0.2) is 44.3 Å². The third kappa shape index (κ3) is 3.21. The number of pyridine rings is 1. The van der Waals surface area contributed by atoms with Crippen LogP contribution in [0.2, 0.25) is 5.15 Å². The fourth-order valence-electron chi connectivity index (χ4n) is 2.97. The number of nitrogens with zero attached hydrogens (tertiary/aromatic N) is 4. The van der Waals surface area contributed by atoms with Gasteiger partial charge in [-0.05, 0) is 13.8 Å². The summed E-state index contributed by atoms with van der Waals surface area (Å²) in [5, 5.41) is 13.1. The minimum atomic E-state index is 0.0732. The smallest absolute Gasteiger partial charge is 0.226 e. The molecule has 0 bridgehead atoms. The first kappa shape index (κ1) is 16.4.